The van der Waals surface area contributed by atoms with Gasteiger partial charge in [-0.25, -0.2) is 0 Å². The van der Waals surface area contributed by atoms with Crippen LogP contribution in [0.3, 0.4) is 0 Å². The van der Waals surface area contributed by atoms with Crippen LogP contribution in [-0.2, 0) is 14.4 Å². The Morgan fingerprint density at radius 2 is 2.17 bits per heavy atom. The number of allylic oxidation sites excluding steroid dienone is 1. The van der Waals surface area contributed by atoms with Crippen LogP contribution in [0, 0.1) is 5.21 Å². The molecule has 1 aliphatic heterocycles. The molecule has 0 N–H and O–H groups in total. The Morgan fingerprint density at radius 1 is 1.50 bits per heavy atom. The van der Waals surface area contributed by atoms with E-state index in [0.717, 1.165) is 12.8 Å². The SMILES string of the molecule is C=C(C)OC(=O)CCCO/N=[N+](\[O-])N1CCCC1. The predicted octanol–water partition coefficient (Wildman–Crippen LogP) is 1.75. The third kappa shape index (κ3) is 5.51. The van der Waals surface area contributed by atoms with Crippen molar-refractivity contribution < 1.29 is 19.3 Å². The van der Waals surface area contributed by atoms with E-state index in [9.17, 15) is 10.0 Å². The Hall–Kier alpha value is -1.79. The summed E-state index contributed by atoms with van der Waals surface area (Å²) >= 11 is 0. The molecule has 0 aliphatic carbocycles. The van der Waals surface area contributed by atoms with Gasteiger partial charge in [-0.1, -0.05) is 6.58 Å². The standard InChI is InChI=1S/C11H19N3O4/c1-10(2)18-11(15)6-5-9-17-12-14(16)13-7-3-4-8-13/h1,3-9H2,2H3/b14-12-. The molecule has 0 aromatic rings. The molecule has 1 rings (SSSR count). The second-order valence-electron chi connectivity index (χ2n) is 4.11. The molecule has 0 saturated carbocycles. The highest BCUT2D eigenvalue weighted by atomic mass is 16.7. The first kappa shape index (κ1) is 14.3. The normalized spacial score (nSPS) is 15.6. The zero-order chi connectivity index (χ0) is 13.4. The lowest BCUT2D eigenvalue weighted by Gasteiger charge is -2.09. The summed E-state index contributed by atoms with van der Waals surface area (Å²) in [6.45, 7) is 6.69. The van der Waals surface area contributed by atoms with Crippen molar-refractivity contribution >= 4 is 5.97 Å². The Morgan fingerprint density at radius 3 is 2.78 bits per heavy atom. The monoisotopic (exact) mass is 257 g/mol. The average molecular weight is 257 g/mol. The minimum absolute atomic E-state index is 0.206. The van der Waals surface area contributed by atoms with Crippen molar-refractivity contribution in [1.82, 2.24) is 5.01 Å². The van der Waals surface area contributed by atoms with Gasteiger partial charge in [0.25, 0.3) is 0 Å². The maximum absolute atomic E-state index is 11.3. The fraction of sp³-hybridized carbons (Fsp3) is 0.727. The number of hydrogen-bond acceptors (Lipinski definition) is 5. The fourth-order valence-corrected chi connectivity index (χ4v) is 1.54. The van der Waals surface area contributed by atoms with E-state index in [1.165, 1.54) is 0 Å². The first-order chi connectivity index (χ1) is 8.59. The molecule has 0 spiro atoms. The van der Waals surface area contributed by atoms with E-state index in [4.69, 9.17) is 9.57 Å². The van der Waals surface area contributed by atoms with Crippen LogP contribution in [0.1, 0.15) is 32.6 Å². The number of rotatable bonds is 7. The molecule has 1 heterocycles. The summed E-state index contributed by atoms with van der Waals surface area (Å²) in [6.07, 6.45) is 2.66. The lowest BCUT2D eigenvalue weighted by molar-refractivity contribution is -0.707. The first-order valence-corrected chi connectivity index (χ1v) is 6.01. The van der Waals surface area contributed by atoms with Crippen LogP contribution in [0.15, 0.2) is 17.6 Å². The predicted molar refractivity (Wildman–Crippen MR) is 63.0 cm³/mol. The minimum atomic E-state index is -0.357. The second kappa shape index (κ2) is 7.52. The van der Waals surface area contributed by atoms with Gasteiger partial charge in [0.15, 0.2) is 0 Å². The zero-order valence-electron chi connectivity index (χ0n) is 10.6. The van der Waals surface area contributed by atoms with Crippen molar-refractivity contribution in [2.24, 2.45) is 5.28 Å². The largest absolute Gasteiger partial charge is 0.569 e. The highest BCUT2D eigenvalue weighted by Gasteiger charge is 2.18. The molecular weight excluding hydrogens is 238 g/mol. The van der Waals surface area contributed by atoms with E-state index in [2.05, 4.69) is 11.9 Å². The number of esters is 1. The lowest BCUT2D eigenvalue weighted by Crippen LogP contribution is -2.27. The molecule has 0 atom stereocenters. The van der Waals surface area contributed by atoms with Gasteiger partial charge in [-0.05, 0) is 26.2 Å². The maximum atomic E-state index is 11.3. The van der Waals surface area contributed by atoms with Crippen LogP contribution in [0.4, 0.5) is 0 Å². The topological polar surface area (TPSA) is 77.2 Å². The van der Waals surface area contributed by atoms with E-state index < -0.39 is 0 Å². The Bertz CT molecular complexity index is 324. The second-order valence-corrected chi connectivity index (χ2v) is 4.11. The number of hydrogen-bond donors (Lipinski definition) is 0. The molecule has 7 heteroatoms. The highest BCUT2D eigenvalue weighted by molar-refractivity contribution is 5.70. The number of nitrogens with zero attached hydrogens (tertiary/aromatic N) is 3. The van der Waals surface area contributed by atoms with Crippen molar-refractivity contribution in [3.8, 4) is 0 Å². The molecular formula is C11H19N3O4. The van der Waals surface area contributed by atoms with Crippen molar-refractivity contribution in [1.29, 1.82) is 0 Å². The average Bonchev–Trinajstić information content (AvgIpc) is 2.80. The van der Waals surface area contributed by atoms with E-state index >= 15 is 0 Å². The maximum Gasteiger partial charge on any atom is 0.310 e. The molecule has 1 saturated heterocycles. The quantitative estimate of drug-likeness (QED) is 0.173. The van der Waals surface area contributed by atoms with E-state index in [1.807, 2.05) is 0 Å². The van der Waals surface area contributed by atoms with Crippen LogP contribution in [0.5, 0.6) is 0 Å². The first-order valence-electron chi connectivity index (χ1n) is 6.01. The number of carbonyl (C=O) groups excluding carboxylic acids is 1. The minimum Gasteiger partial charge on any atom is -0.569 e. The van der Waals surface area contributed by atoms with E-state index in [1.54, 1.807) is 11.9 Å². The molecule has 18 heavy (non-hydrogen) atoms. The highest BCUT2D eigenvalue weighted by Crippen LogP contribution is 2.07. The third-order valence-corrected chi connectivity index (χ3v) is 2.36. The van der Waals surface area contributed by atoms with Gasteiger partial charge in [0, 0.05) is 6.42 Å². The molecule has 0 bridgehead atoms. The molecule has 0 aromatic carbocycles. The fourth-order valence-electron chi connectivity index (χ4n) is 1.54. The van der Waals surface area contributed by atoms with Gasteiger partial charge < -0.3 is 14.8 Å². The van der Waals surface area contributed by atoms with E-state index in [0.29, 0.717) is 30.2 Å². The van der Waals surface area contributed by atoms with Crippen molar-refractivity contribution in [3.05, 3.63) is 17.5 Å². The summed E-state index contributed by atoms with van der Waals surface area (Å²) in [5, 5.41) is 16.3. The molecule has 0 radical (unpaired) electrons. The van der Waals surface area contributed by atoms with Gasteiger partial charge >= 0.3 is 5.97 Å². The van der Waals surface area contributed by atoms with Crippen LogP contribution >= 0.6 is 0 Å². The summed E-state index contributed by atoms with van der Waals surface area (Å²) in [6, 6.07) is 0. The number of hydrazine groups is 1. The van der Waals surface area contributed by atoms with Gasteiger partial charge in [-0.15, -0.1) is 5.01 Å². The van der Waals surface area contributed by atoms with Gasteiger partial charge in [0.2, 0.25) is 5.28 Å². The smallest absolute Gasteiger partial charge is 0.310 e. The zero-order valence-corrected chi connectivity index (χ0v) is 10.6. The van der Waals surface area contributed by atoms with Crippen LogP contribution in [0.2, 0.25) is 0 Å². The summed E-state index contributed by atoms with van der Waals surface area (Å²) in [5.41, 5.74) is 0. The molecule has 0 amide bonds. The number of ether oxygens (including phenoxy) is 1. The molecule has 1 fully saturated rings. The molecule has 1 aliphatic rings. The van der Waals surface area contributed by atoms with Gasteiger partial charge in [-0.3, -0.25) is 4.79 Å². The Kier molecular flexibility index (Phi) is 5.96. The van der Waals surface area contributed by atoms with E-state index in [-0.39, 0.29) is 19.0 Å². The van der Waals surface area contributed by atoms with Crippen LogP contribution < -0.4 is 0 Å². The van der Waals surface area contributed by atoms with Gasteiger partial charge in [-0.2, -0.15) is 0 Å². The summed E-state index contributed by atoms with van der Waals surface area (Å²) < 4.78 is 4.76. The van der Waals surface area contributed by atoms with Crippen molar-refractivity contribution in [3.63, 3.8) is 0 Å². The molecule has 7 nitrogen and oxygen atoms in total. The lowest BCUT2D eigenvalue weighted by atomic mass is 10.3. The molecule has 102 valence electrons. The van der Waals surface area contributed by atoms with Gasteiger partial charge in [0.1, 0.15) is 6.61 Å². The molecule has 0 aromatic heterocycles. The van der Waals surface area contributed by atoms with Crippen molar-refractivity contribution in [2.75, 3.05) is 19.7 Å². The van der Waals surface area contributed by atoms with Crippen LogP contribution in [-0.4, -0.2) is 35.6 Å². The number of carbonyl (C=O) groups is 1. The van der Waals surface area contributed by atoms with Crippen LogP contribution in [0.25, 0.3) is 0 Å². The molecule has 0 unspecified atom stereocenters. The third-order valence-electron chi connectivity index (χ3n) is 2.36. The summed E-state index contributed by atoms with van der Waals surface area (Å²) in [7, 11) is 0. The Balaban J connectivity index is 2.08. The summed E-state index contributed by atoms with van der Waals surface area (Å²) in [5.74, 6) is 0.00925. The van der Waals surface area contributed by atoms with Crippen molar-refractivity contribution in [2.45, 2.75) is 32.6 Å². The Labute approximate surface area is 106 Å². The summed E-state index contributed by atoms with van der Waals surface area (Å²) in [4.78, 5) is 16.4. The van der Waals surface area contributed by atoms with Gasteiger partial charge in [0.05, 0.1) is 23.8 Å².